The van der Waals surface area contributed by atoms with Crippen molar-refractivity contribution < 1.29 is 9.59 Å². The molecular weight excluding hydrogens is 392 g/mol. The molecule has 0 bridgehead atoms. The molecule has 0 aliphatic heterocycles. The number of nitrogens with one attached hydrogen (secondary N) is 2. The van der Waals surface area contributed by atoms with E-state index in [1.165, 1.54) is 6.08 Å². The number of carbonyl (C=O) groups is 2. The molecule has 164 valence electrons. The monoisotopic (exact) mass is 422 g/mol. The molecule has 0 radical (unpaired) electrons. The first-order valence-corrected chi connectivity index (χ1v) is 10.5. The second-order valence-corrected chi connectivity index (χ2v) is 8.07. The van der Waals surface area contributed by atoms with Crippen LogP contribution in [0.25, 0.3) is 0 Å². The van der Waals surface area contributed by atoms with Crippen LogP contribution in [-0.4, -0.2) is 40.9 Å². The molecule has 3 atom stereocenters. The van der Waals surface area contributed by atoms with Crippen molar-refractivity contribution in [2.45, 2.75) is 45.2 Å². The van der Waals surface area contributed by atoms with Gasteiger partial charge in [0.05, 0.1) is 6.20 Å². The van der Waals surface area contributed by atoms with Crippen LogP contribution in [0.5, 0.6) is 0 Å². The molecule has 2 aromatic rings. The Bertz CT molecular complexity index is 976. The van der Waals surface area contributed by atoms with Crippen LogP contribution in [0.3, 0.4) is 0 Å². The summed E-state index contributed by atoms with van der Waals surface area (Å²) in [5.74, 6) is 0.356. The summed E-state index contributed by atoms with van der Waals surface area (Å²) in [6.07, 6.45) is 5.76. The van der Waals surface area contributed by atoms with Crippen LogP contribution in [0, 0.1) is 12.8 Å². The number of carbonyl (C=O) groups excluding carboxylic acids is 2. The van der Waals surface area contributed by atoms with Crippen LogP contribution in [0.15, 0.2) is 43.1 Å². The van der Waals surface area contributed by atoms with Crippen LogP contribution in [0.2, 0.25) is 0 Å². The number of primary amides is 1. The summed E-state index contributed by atoms with van der Waals surface area (Å²) in [5.41, 5.74) is 7.49. The summed E-state index contributed by atoms with van der Waals surface area (Å²) in [7, 11) is 1.96. The van der Waals surface area contributed by atoms with Crippen LogP contribution in [-0.2, 0) is 4.79 Å². The van der Waals surface area contributed by atoms with Crippen LogP contribution >= 0.6 is 0 Å². The van der Waals surface area contributed by atoms with Gasteiger partial charge in [0, 0.05) is 24.8 Å². The Morgan fingerprint density at radius 3 is 2.77 bits per heavy atom. The first kappa shape index (κ1) is 22.3. The van der Waals surface area contributed by atoms with E-state index in [-0.39, 0.29) is 29.6 Å². The lowest BCUT2D eigenvalue weighted by Crippen LogP contribution is -2.51. The van der Waals surface area contributed by atoms with Gasteiger partial charge in [0.1, 0.15) is 5.82 Å². The van der Waals surface area contributed by atoms with E-state index in [1.54, 1.807) is 6.20 Å². The number of hydrogen-bond acceptors (Lipinski definition) is 6. The first-order valence-electron chi connectivity index (χ1n) is 10.5. The smallest absolute Gasteiger partial charge is 0.271 e. The lowest BCUT2D eigenvalue weighted by atomic mass is 9.81. The van der Waals surface area contributed by atoms with E-state index in [0.29, 0.717) is 11.6 Å². The summed E-state index contributed by atoms with van der Waals surface area (Å²) in [4.78, 5) is 34.7. The molecule has 3 rings (SSSR count). The Morgan fingerprint density at radius 1 is 1.32 bits per heavy atom. The summed E-state index contributed by atoms with van der Waals surface area (Å²) in [5, 5.41) is 6.21. The predicted molar refractivity (Wildman–Crippen MR) is 122 cm³/mol. The normalized spacial score (nSPS) is 20.5. The molecule has 31 heavy (non-hydrogen) atoms. The van der Waals surface area contributed by atoms with Crippen LogP contribution in [0.4, 0.5) is 17.3 Å². The standard InChI is InChI=1S/C23H30N6O2/c1-5-20(30)27-17-10-7-11-18(15(17)3)29(4)19-13-25-21(22(24)31)23(28-19)26-16-9-6-8-14(2)12-16/h5-6,8-9,12-13,15,17-18H,1,7,10-11H2,2-4H3,(H2,24,31)(H,26,28)(H,27,30)/t15-,17?,18+/m0/s1. The van der Waals surface area contributed by atoms with Crippen molar-refractivity contribution in [1.82, 2.24) is 15.3 Å². The summed E-state index contributed by atoms with van der Waals surface area (Å²) in [6, 6.07) is 7.98. The molecule has 1 heterocycles. The topological polar surface area (TPSA) is 113 Å². The lowest BCUT2D eigenvalue weighted by Gasteiger charge is -2.41. The van der Waals surface area contributed by atoms with Gasteiger partial charge in [0.25, 0.3) is 5.91 Å². The van der Waals surface area contributed by atoms with E-state index >= 15 is 0 Å². The van der Waals surface area contributed by atoms with Crippen molar-refractivity contribution in [3.63, 3.8) is 0 Å². The number of amides is 2. The van der Waals surface area contributed by atoms with E-state index in [2.05, 4.69) is 39.0 Å². The van der Waals surface area contributed by atoms with Crippen molar-refractivity contribution >= 4 is 29.1 Å². The minimum absolute atomic E-state index is 0.0643. The van der Waals surface area contributed by atoms with E-state index in [1.807, 2.05) is 38.2 Å². The number of hydrogen-bond donors (Lipinski definition) is 3. The lowest BCUT2D eigenvalue weighted by molar-refractivity contribution is -0.117. The third-order valence-electron chi connectivity index (χ3n) is 5.90. The average molecular weight is 423 g/mol. The molecule has 0 saturated heterocycles. The second kappa shape index (κ2) is 9.59. The average Bonchev–Trinajstić information content (AvgIpc) is 2.74. The molecule has 8 nitrogen and oxygen atoms in total. The van der Waals surface area contributed by atoms with Gasteiger partial charge in [-0.25, -0.2) is 9.97 Å². The van der Waals surface area contributed by atoms with Crippen molar-refractivity contribution in [3.8, 4) is 0 Å². The molecule has 1 aromatic heterocycles. The molecule has 1 aliphatic rings. The minimum Gasteiger partial charge on any atom is -0.364 e. The van der Waals surface area contributed by atoms with Crippen molar-refractivity contribution in [2.75, 3.05) is 17.3 Å². The SMILES string of the molecule is C=CC(=O)NC1CCC[C@@H](N(C)c2cnc(C(N)=O)c(Nc3cccc(C)c3)n2)[C@H]1C. The number of aryl methyl sites for hydroxylation is 1. The van der Waals surface area contributed by atoms with Crippen molar-refractivity contribution in [1.29, 1.82) is 0 Å². The molecule has 1 aromatic carbocycles. The zero-order chi connectivity index (χ0) is 22.5. The molecule has 1 fully saturated rings. The zero-order valence-electron chi connectivity index (χ0n) is 18.3. The Balaban J connectivity index is 1.86. The number of benzene rings is 1. The maximum atomic E-state index is 11.9. The number of anilines is 3. The van der Waals surface area contributed by atoms with Gasteiger partial charge in [-0.15, -0.1) is 0 Å². The van der Waals surface area contributed by atoms with Gasteiger partial charge in [0.2, 0.25) is 5.91 Å². The van der Waals surface area contributed by atoms with Gasteiger partial charge in [-0.2, -0.15) is 0 Å². The third-order valence-corrected chi connectivity index (χ3v) is 5.90. The maximum Gasteiger partial charge on any atom is 0.271 e. The highest BCUT2D eigenvalue weighted by molar-refractivity contribution is 5.96. The quantitative estimate of drug-likeness (QED) is 0.591. The molecule has 0 spiro atoms. The first-order chi connectivity index (χ1) is 14.8. The number of rotatable bonds is 7. The van der Waals surface area contributed by atoms with Crippen molar-refractivity contribution in [2.24, 2.45) is 11.7 Å². The highest BCUT2D eigenvalue weighted by Gasteiger charge is 2.34. The Hall–Kier alpha value is -3.42. The summed E-state index contributed by atoms with van der Waals surface area (Å²) in [6.45, 7) is 7.66. The Kier molecular flexibility index (Phi) is 6.89. The number of nitrogens with zero attached hydrogens (tertiary/aromatic N) is 3. The fraction of sp³-hybridized carbons (Fsp3) is 0.391. The van der Waals surface area contributed by atoms with Crippen molar-refractivity contribution in [3.05, 3.63) is 54.4 Å². The minimum atomic E-state index is -0.643. The molecule has 1 saturated carbocycles. The molecule has 4 N–H and O–H groups in total. The molecule has 2 amide bonds. The Labute approximate surface area is 182 Å². The number of nitrogens with two attached hydrogens (primary N) is 1. The second-order valence-electron chi connectivity index (χ2n) is 8.07. The highest BCUT2D eigenvalue weighted by Crippen LogP contribution is 2.31. The molecule has 8 heteroatoms. The van der Waals surface area contributed by atoms with Gasteiger partial charge >= 0.3 is 0 Å². The number of aromatic nitrogens is 2. The maximum absolute atomic E-state index is 11.9. The predicted octanol–water partition coefficient (Wildman–Crippen LogP) is 2.92. The zero-order valence-corrected chi connectivity index (χ0v) is 18.3. The van der Waals surface area contributed by atoms with Gasteiger partial charge < -0.3 is 21.3 Å². The third kappa shape index (κ3) is 5.20. The largest absolute Gasteiger partial charge is 0.364 e. The van der Waals surface area contributed by atoms with E-state index in [4.69, 9.17) is 5.73 Å². The highest BCUT2D eigenvalue weighted by atomic mass is 16.2. The van der Waals surface area contributed by atoms with Gasteiger partial charge in [0.15, 0.2) is 11.5 Å². The van der Waals surface area contributed by atoms with E-state index < -0.39 is 5.91 Å². The van der Waals surface area contributed by atoms with Crippen LogP contribution in [0.1, 0.15) is 42.2 Å². The summed E-state index contributed by atoms with van der Waals surface area (Å²) < 4.78 is 0. The molecule has 1 unspecified atom stereocenters. The van der Waals surface area contributed by atoms with Gasteiger partial charge in [-0.05, 0) is 55.9 Å². The van der Waals surface area contributed by atoms with Crippen LogP contribution < -0.4 is 21.3 Å². The van der Waals surface area contributed by atoms with E-state index in [0.717, 1.165) is 30.5 Å². The fourth-order valence-electron chi connectivity index (χ4n) is 4.18. The Morgan fingerprint density at radius 2 is 2.10 bits per heavy atom. The van der Waals surface area contributed by atoms with Gasteiger partial charge in [-0.3, -0.25) is 9.59 Å². The molecular formula is C23H30N6O2. The van der Waals surface area contributed by atoms with Gasteiger partial charge in [-0.1, -0.05) is 25.6 Å². The fourth-order valence-corrected chi connectivity index (χ4v) is 4.18. The molecule has 1 aliphatic carbocycles. The summed E-state index contributed by atoms with van der Waals surface area (Å²) >= 11 is 0. The van der Waals surface area contributed by atoms with E-state index in [9.17, 15) is 9.59 Å².